The highest BCUT2D eigenvalue weighted by Crippen LogP contribution is 2.09. The minimum absolute atomic E-state index is 0.192. The molecule has 0 radical (unpaired) electrons. The van der Waals surface area contributed by atoms with Gasteiger partial charge in [-0.05, 0) is 6.92 Å². The second-order valence-corrected chi connectivity index (χ2v) is 2.56. The van der Waals surface area contributed by atoms with Crippen molar-refractivity contribution in [3.8, 4) is 0 Å². The molecule has 5 heteroatoms. The Labute approximate surface area is 64.1 Å². The molecule has 64 valence electrons. The molecule has 1 fully saturated rings. The van der Waals surface area contributed by atoms with Crippen LogP contribution in [0.5, 0.6) is 0 Å². The molecular weight excluding hydrogens is 150 g/mol. The van der Waals surface area contributed by atoms with Crippen LogP contribution in [0.1, 0.15) is 6.92 Å². The molecule has 1 aliphatic rings. The van der Waals surface area contributed by atoms with Crippen LogP contribution in [0, 0.1) is 0 Å². The number of aliphatic carboxylic acids is 1. The van der Waals surface area contributed by atoms with Crippen LogP contribution in [-0.2, 0) is 9.63 Å². The van der Waals surface area contributed by atoms with E-state index in [1.807, 2.05) is 0 Å². The Morgan fingerprint density at radius 2 is 2.45 bits per heavy atom. The zero-order valence-corrected chi connectivity index (χ0v) is 6.23. The number of hydroxylamine groups is 2. The van der Waals surface area contributed by atoms with Crippen LogP contribution in [0.4, 0.5) is 0 Å². The van der Waals surface area contributed by atoms with Gasteiger partial charge in [0.1, 0.15) is 6.04 Å². The number of aliphatic hydroxyl groups is 1. The third-order valence-corrected chi connectivity index (χ3v) is 1.61. The van der Waals surface area contributed by atoms with Crippen LogP contribution in [0.25, 0.3) is 0 Å². The van der Waals surface area contributed by atoms with Crippen LogP contribution in [0.15, 0.2) is 0 Å². The fourth-order valence-electron chi connectivity index (χ4n) is 0.888. The van der Waals surface area contributed by atoms with Gasteiger partial charge >= 0.3 is 5.97 Å². The summed E-state index contributed by atoms with van der Waals surface area (Å²) in [6, 6.07) is -0.688. The number of aliphatic hydroxyl groups excluding tert-OH is 1. The normalized spacial score (nSPS) is 28.7. The Kier molecular flexibility index (Phi) is 2.43. The van der Waals surface area contributed by atoms with Crippen molar-refractivity contribution in [3.05, 3.63) is 0 Å². The third-order valence-electron chi connectivity index (χ3n) is 1.61. The standard InChI is InChI=1S/C6H11NO4/c1-4(6(9)10)7-2-5(8)3-11-7/h4-5,8H,2-3H2,1H3,(H,9,10). The average molecular weight is 161 g/mol. The zero-order valence-electron chi connectivity index (χ0n) is 6.23. The topological polar surface area (TPSA) is 70.0 Å². The van der Waals surface area contributed by atoms with E-state index >= 15 is 0 Å². The molecule has 0 aromatic carbocycles. The predicted octanol–water partition coefficient (Wildman–Crippen LogP) is -0.932. The summed E-state index contributed by atoms with van der Waals surface area (Å²) in [7, 11) is 0. The van der Waals surface area contributed by atoms with Crippen molar-refractivity contribution in [1.29, 1.82) is 0 Å². The molecule has 1 rings (SSSR count). The largest absolute Gasteiger partial charge is 0.480 e. The summed E-state index contributed by atoms with van der Waals surface area (Å²) in [6.07, 6.45) is -0.559. The highest BCUT2D eigenvalue weighted by atomic mass is 16.7. The number of β-amino-alcohol motifs (C(OH)–C–C–N with tert-alkyl or cyclic N) is 1. The number of carboxylic acids is 1. The van der Waals surface area contributed by atoms with Gasteiger partial charge in [0.2, 0.25) is 0 Å². The van der Waals surface area contributed by atoms with Crippen LogP contribution in [0.3, 0.4) is 0 Å². The number of carboxylic acid groups (broad SMARTS) is 1. The quantitative estimate of drug-likeness (QED) is 0.547. The number of nitrogens with zero attached hydrogens (tertiary/aromatic N) is 1. The highest BCUT2D eigenvalue weighted by Gasteiger charge is 2.29. The molecule has 2 N–H and O–H groups in total. The lowest BCUT2D eigenvalue weighted by atomic mass is 10.3. The summed E-state index contributed by atoms with van der Waals surface area (Å²) in [5.41, 5.74) is 0. The van der Waals surface area contributed by atoms with Crippen molar-refractivity contribution in [2.24, 2.45) is 0 Å². The summed E-state index contributed by atoms with van der Waals surface area (Å²) >= 11 is 0. The van der Waals surface area contributed by atoms with Crippen LogP contribution in [0.2, 0.25) is 0 Å². The Morgan fingerprint density at radius 1 is 1.82 bits per heavy atom. The van der Waals surface area contributed by atoms with Crippen LogP contribution >= 0.6 is 0 Å². The summed E-state index contributed by atoms with van der Waals surface area (Å²) < 4.78 is 0. The lowest BCUT2D eigenvalue weighted by Crippen LogP contribution is -2.36. The Bertz CT molecular complexity index is 161. The molecule has 0 bridgehead atoms. The van der Waals surface area contributed by atoms with Crippen LogP contribution < -0.4 is 0 Å². The molecule has 2 atom stereocenters. The maximum atomic E-state index is 10.4. The van der Waals surface area contributed by atoms with Crippen molar-refractivity contribution in [2.75, 3.05) is 13.2 Å². The maximum absolute atomic E-state index is 10.4. The summed E-state index contributed by atoms with van der Waals surface area (Å²) in [5, 5.41) is 18.8. The van der Waals surface area contributed by atoms with Gasteiger partial charge in [-0.1, -0.05) is 0 Å². The van der Waals surface area contributed by atoms with Gasteiger partial charge < -0.3 is 10.2 Å². The Balaban J connectivity index is 2.43. The average Bonchev–Trinajstić information content (AvgIpc) is 2.34. The Hall–Kier alpha value is -0.650. The monoisotopic (exact) mass is 161 g/mol. The van der Waals surface area contributed by atoms with Gasteiger partial charge in [-0.2, -0.15) is 5.06 Å². The second kappa shape index (κ2) is 3.17. The van der Waals surface area contributed by atoms with E-state index in [2.05, 4.69) is 0 Å². The van der Waals surface area contributed by atoms with Gasteiger partial charge in [0, 0.05) is 0 Å². The molecule has 1 heterocycles. The molecule has 1 aliphatic heterocycles. The molecule has 0 aliphatic carbocycles. The number of carbonyl (C=O) groups is 1. The molecule has 1 saturated heterocycles. The molecule has 0 saturated carbocycles. The lowest BCUT2D eigenvalue weighted by molar-refractivity contribution is -0.171. The first-order valence-electron chi connectivity index (χ1n) is 3.41. The van der Waals surface area contributed by atoms with Gasteiger partial charge in [-0.15, -0.1) is 0 Å². The number of hydrogen-bond acceptors (Lipinski definition) is 4. The first-order chi connectivity index (χ1) is 5.11. The zero-order chi connectivity index (χ0) is 8.43. The molecule has 0 amide bonds. The summed E-state index contributed by atoms with van der Waals surface area (Å²) in [6.45, 7) is 1.98. The minimum atomic E-state index is -0.945. The molecule has 2 unspecified atom stereocenters. The number of hydrogen-bond donors (Lipinski definition) is 2. The van der Waals surface area contributed by atoms with Crippen molar-refractivity contribution >= 4 is 5.97 Å². The molecule has 11 heavy (non-hydrogen) atoms. The van der Waals surface area contributed by atoms with E-state index in [0.717, 1.165) is 0 Å². The molecule has 5 nitrogen and oxygen atoms in total. The molecule has 0 aromatic rings. The van der Waals surface area contributed by atoms with Crippen molar-refractivity contribution in [2.45, 2.75) is 19.1 Å². The maximum Gasteiger partial charge on any atom is 0.323 e. The van der Waals surface area contributed by atoms with Gasteiger partial charge in [0.05, 0.1) is 19.3 Å². The molecular formula is C6H11NO4. The van der Waals surface area contributed by atoms with E-state index in [1.54, 1.807) is 0 Å². The van der Waals surface area contributed by atoms with Gasteiger partial charge in [-0.3, -0.25) is 9.63 Å². The summed E-state index contributed by atoms with van der Waals surface area (Å²) in [5.74, 6) is -0.945. The summed E-state index contributed by atoms with van der Waals surface area (Å²) in [4.78, 5) is 15.3. The van der Waals surface area contributed by atoms with E-state index in [0.29, 0.717) is 0 Å². The fraction of sp³-hybridized carbons (Fsp3) is 0.833. The van der Waals surface area contributed by atoms with E-state index in [1.165, 1.54) is 12.0 Å². The minimum Gasteiger partial charge on any atom is -0.480 e. The van der Waals surface area contributed by atoms with E-state index in [4.69, 9.17) is 15.1 Å². The van der Waals surface area contributed by atoms with Crippen molar-refractivity contribution in [3.63, 3.8) is 0 Å². The van der Waals surface area contributed by atoms with E-state index in [9.17, 15) is 4.79 Å². The first kappa shape index (κ1) is 8.45. The number of rotatable bonds is 2. The van der Waals surface area contributed by atoms with Crippen molar-refractivity contribution in [1.82, 2.24) is 5.06 Å². The van der Waals surface area contributed by atoms with E-state index in [-0.39, 0.29) is 13.2 Å². The van der Waals surface area contributed by atoms with Gasteiger partial charge in [0.25, 0.3) is 0 Å². The predicted molar refractivity (Wildman–Crippen MR) is 35.8 cm³/mol. The molecule has 0 spiro atoms. The lowest BCUT2D eigenvalue weighted by Gasteiger charge is -2.17. The fourth-order valence-corrected chi connectivity index (χ4v) is 0.888. The van der Waals surface area contributed by atoms with E-state index < -0.39 is 18.1 Å². The van der Waals surface area contributed by atoms with Gasteiger partial charge in [0.15, 0.2) is 0 Å². The third kappa shape index (κ3) is 1.89. The van der Waals surface area contributed by atoms with Crippen molar-refractivity contribution < 1.29 is 19.8 Å². The SMILES string of the molecule is CC(C(=O)O)N1CC(O)CO1. The highest BCUT2D eigenvalue weighted by molar-refractivity contribution is 5.72. The second-order valence-electron chi connectivity index (χ2n) is 2.56. The molecule has 0 aromatic heterocycles. The smallest absolute Gasteiger partial charge is 0.323 e. The van der Waals surface area contributed by atoms with Gasteiger partial charge in [-0.25, -0.2) is 0 Å². The first-order valence-corrected chi connectivity index (χ1v) is 3.41. The van der Waals surface area contributed by atoms with Crippen LogP contribution in [-0.4, -0.2) is 46.5 Å². The Morgan fingerprint density at radius 3 is 2.82 bits per heavy atom.